The lowest BCUT2D eigenvalue weighted by Crippen LogP contribution is -2.60. The van der Waals surface area contributed by atoms with Crippen molar-refractivity contribution in [2.24, 2.45) is 50.7 Å². The molecular formula is C39H64N2O7. The summed E-state index contributed by atoms with van der Waals surface area (Å²) in [5, 5.41) is 26.7. The first-order valence-corrected chi connectivity index (χ1v) is 19.4. The Morgan fingerprint density at radius 3 is 2.42 bits per heavy atom. The molecule has 3 saturated heterocycles. The second-order valence-electron chi connectivity index (χ2n) is 19.5. The molecule has 3 N–H and O–H groups in total. The van der Waals surface area contributed by atoms with Gasteiger partial charge in [0.25, 0.3) is 0 Å². The number of aliphatic hydroxyl groups is 2. The fraction of sp³-hybridized carbons (Fsp3) is 0.974. The minimum absolute atomic E-state index is 0.0300. The highest BCUT2D eigenvalue weighted by atomic mass is 16.7. The van der Waals surface area contributed by atoms with Crippen LogP contribution >= 0.6 is 0 Å². The number of ether oxygens (including phenoxy) is 4. The van der Waals surface area contributed by atoms with E-state index < -0.39 is 17.7 Å². The summed E-state index contributed by atoms with van der Waals surface area (Å²) in [5.41, 5.74) is -0.762. The summed E-state index contributed by atoms with van der Waals surface area (Å²) in [7, 11) is 0. The van der Waals surface area contributed by atoms with Gasteiger partial charge in [0.15, 0.2) is 6.29 Å². The van der Waals surface area contributed by atoms with Crippen LogP contribution in [-0.4, -0.2) is 102 Å². The highest BCUT2D eigenvalue weighted by molar-refractivity contribution is 5.73. The molecule has 2 spiro atoms. The summed E-state index contributed by atoms with van der Waals surface area (Å²) < 4.78 is 25.5. The topological polar surface area (TPSA) is 110 Å². The van der Waals surface area contributed by atoms with Gasteiger partial charge in [0.1, 0.15) is 0 Å². The van der Waals surface area contributed by atoms with Gasteiger partial charge in [-0.1, -0.05) is 34.6 Å². The van der Waals surface area contributed by atoms with E-state index in [1.807, 2.05) is 0 Å². The summed E-state index contributed by atoms with van der Waals surface area (Å²) in [6.07, 6.45) is 7.86. The Hall–Kier alpha value is -0.810. The van der Waals surface area contributed by atoms with Gasteiger partial charge in [0, 0.05) is 18.9 Å². The predicted octanol–water partition coefficient (Wildman–Crippen LogP) is 4.52. The SMILES string of the molecule is CC(=O)NC(C1CC(C)C2C(O1)C(O)C1(C)C3CCC4C(C)(C)C(OC5CN(C6COC6)CCO5)CCC45CC35CCC21C)C(C)(C)O. The summed E-state index contributed by atoms with van der Waals surface area (Å²) in [6.45, 7) is 21.4. The van der Waals surface area contributed by atoms with Crippen molar-refractivity contribution in [3.8, 4) is 0 Å². The fourth-order valence-electron chi connectivity index (χ4n) is 14.4. The zero-order valence-corrected chi connectivity index (χ0v) is 30.9. The maximum atomic E-state index is 12.6. The van der Waals surface area contributed by atoms with E-state index >= 15 is 0 Å². The minimum atomic E-state index is -1.14. The maximum absolute atomic E-state index is 12.6. The van der Waals surface area contributed by atoms with Crippen LogP contribution in [0.15, 0.2) is 0 Å². The predicted molar refractivity (Wildman–Crippen MR) is 181 cm³/mol. The summed E-state index contributed by atoms with van der Waals surface area (Å²) >= 11 is 0. The van der Waals surface area contributed by atoms with Crippen molar-refractivity contribution in [3.05, 3.63) is 0 Å². The van der Waals surface area contributed by atoms with Crippen LogP contribution in [0, 0.1) is 50.7 Å². The first-order valence-electron chi connectivity index (χ1n) is 19.4. The molecule has 5 saturated carbocycles. The number of aliphatic hydroxyl groups excluding tert-OH is 1. The van der Waals surface area contributed by atoms with E-state index in [0.717, 1.165) is 58.6 Å². The largest absolute Gasteiger partial charge is 0.390 e. The molecule has 48 heavy (non-hydrogen) atoms. The Morgan fingerprint density at radius 1 is 1.04 bits per heavy atom. The van der Waals surface area contributed by atoms with Crippen LogP contribution in [0.25, 0.3) is 0 Å². The number of fused-ring (bicyclic) bond motifs is 4. The fourth-order valence-corrected chi connectivity index (χ4v) is 14.4. The van der Waals surface area contributed by atoms with Gasteiger partial charge >= 0.3 is 0 Å². The van der Waals surface area contributed by atoms with Crippen molar-refractivity contribution >= 4 is 5.91 Å². The third-order valence-corrected chi connectivity index (χ3v) is 16.8. The number of carbonyl (C=O) groups excluding carboxylic acids is 1. The van der Waals surface area contributed by atoms with Crippen molar-refractivity contribution in [2.75, 3.05) is 32.9 Å². The number of nitrogens with one attached hydrogen (secondary N) is 1. The molecule has 0 aromatic carbocycles. The van der Waals surface area contributed by atoms with E-state index in [-0.39, 0.29) is 58.1 Å². The molecule has 3 aliphatic heterocycles. The first-order chi connectivity index (χ1) is 22.5. The molecule has 1 amide bonds. The maximum Gasteiger partial charge on any atom is 0.217 e. The van der Waals surface area contributed by atoms with Crippen LogP contribution in [0.4, 0.5) is 0 Å². The zero-order valence-electron chi connectivity index (χ0n) is 30.9. The second kappa shape index (κ2) is 11.1. The van der Waals surface area contributed by atoms with E-state index in [2.05, 4.69) is 44.8 Å². The Bertz CT molecular complexity index is 1280. The standard InChI is InChI=1S/C39H64N2O7/c1-22-17-25(32(35(5,6)44)40-23(2)42)47-31-30(22)36(7)13-14-39-21-38(39)12-11-28(48-29-18-41(15-16-46-29)24-19-45-20-24)34(3,4)26(38)9-10-27(39)37(36,8)33(31)43/h22,24-33,43-44H,9-21H2,1-8H3,(H,40,42). The van der Waals surface area contributed by atoms with E-state index in [4.69, 9.17) is 18.9 Å². The second-order valence-corrected chi connectivity index (χ2v) is 19.5. The van der Waals surface area contributed by atoms with E-state index in [9.17, 15) is 15.0 Å². The van der Waals surface area contributed by atoms with Gasteiger partial charge in [-0.2, -0.15) is 0 Å². The molecule has 0 aromatic heterocycles. The van der Waals surface area contributed by atoms with Gasteiger partial charge < -0.3 is 34.5 Å². The number of hydrogen-bond donors (Lipinski definition) is 3. The Kier molecular flexibility index (Phi) is 7.93. The average molecular weight is 673 g/mol. The van der Waals surface area contributed by atoms with E-state index in [1.165, 1.54) is 32.6 Å². The molecule has 14 unspecified atom stereocenters. The molecule has 8 aliphatic rings. The quantitative estimate of drug-likeness (QED) is 0.378. The van der Waals surface area contributed by atoms with Gasteiger partial charge in [0.2, 0.25) is 5.91 Å². The molecular weight excluding hydrogens is 608 g/mol. The van der Waals surface area contributed by atoms with Gasteiger partial charge in [0.05, 0.1) is 68.5 Å². The number of amides is 1. The third kappa shape index (κ3) is 4.55. The van der Waals surface area contributed by atoms with Crippen LogP contribution in [-0.2, 0) is 23.7 Å². The molecule has 272 valence electrons. The van der Waals surface area contributed by atoms with Crippen molar-refractivity contribution < 1.29 is 34.0 Å². The molecule has 8 rings (SSSR count). The molecule has 3 heterocycles. The molecule has 9 heteroatoms. The normalized spacial score (nSPS) is 52.1. The molecule has 9 nitrogen and oxygen atoms in total. The molecule has 0 radical (unpaired) electrons. The van der Waals surface area contributed by atoms with Crippen molar-refractivity contribution in [1.82, 2.24) is 10.2 Å². The van der Waals surface area contributed by atoms with Crippen LogP contribution < -0.4 is 5.32 Å². The van der Waals surface area contributed by atoms with Crippen molar-refractivity contribution in [2.45, 2.75) is 155 Å². The molecule has 14 atom stereocenters. The summed E-state index contributed by atoms with van der Waals surface area (Å²) in [6, 6.07) is -0.0203. The number of rotatable bonds is 6. The van der Waals surface area contributed by atoms with Gasteiger partial charge in [-0.05, 0) is 111 Å². The first kappa shape index (κ1) is 34.3. The lowest BCUT2D eigenvalue weighted by atomic mass is 9.41. The van der Waals surface area contributed by atoms with Crippen LogP contribution in [0.5, 0.6) is 0 Å². The highest BCUT2D eigenvalue weighted by Gasteiger charge is 2.84. The summed E-state index contributed by atoms with van der Waals surface area (Å²) in [5.74, 6) is 1.47. The number of hydrogen-bond acceptors (Lipinski definition) is 8. The zero-order chi connectivity index (χ0) is 34.2. The lowest BCUT2D eigenvalue weighted by molar-refractivity contribution is -0.256. The van der Waals surface area contributed by atoms with Crippen molar-refractivity contribution in [3.63, 3.8) is 0 Å². The Morgan fingerprint density at radius 2 is 1.75 bits per heavy atom. The van der Waals surface area contributed by atoms with Gasteiger partial charge in [-0.25, -0.2) is 0 Å². The number of carbonyl (C=O) groups is 1. The molecule has 0 bridgehead atoms. The van der Waals surface area contributed by atoms with Gasteiger partial charge in [-0.3, -0.25) is 9.69 Å². The Labute approximate surface area is 288 Å². The molecule has 5 aliphatic carbocycles. The van der Waals surface area contributed by atoms with E-state index in [0.29, 0.717) is 29.2 Å². The number of nitrogens with zero attached hydrogens (tertiary/aromatic N) is 1. The average Bonchev–Trinajstić information content (AvgIpc) is 3.61. The van der Waals surface area contributed by atoms with Crippen LogP contribution in [0.1, 0.15) is 107 Å². The molecule has 0 aromatic rings. The van der Waals surface area contributed by atoms with Gasteiger partial charge in [-0.15, -0.1) is 0 Å². The smallest absolute Gasteiger partial charge is 0.217 e. The van der Waals surface area contributed by atoms with Crippen molar-refractivity contribution in [1.29, 1.82) is 0 Å². The minimum Gasteiger partial charge on any atom is -0.390 e. The summed E-state index contributed by atoms with van der Waals surface area (Å²) in [4.78, 5) is 14.7. The molecule has 8 fully saturated rings. The monoisotopic (exact) mass is 672 g/mol. The van der Waals surface area contributed by atoms with E-state index in [1.54, 1.807) is 13.8 Å². The van der Waals surface area contributed by atoms with Crippen LogP contribution in [0.2, 0.25) is 0 Å². The Balaban J connectivity index is 1.03. The number of morpholine rings is 1. The third-order valence-electron chi connectivity index (χ3n) is 16.8. The highest BCUT2D eigenvalue weighted by Crippen LogP contribution is 2.89. The van der Waals surface area contributed by atoms with Crippen LogP contribution in [0.3, 0.4) is 0 Å². The lowest BCUT2D eigenvalue weighted by Gasteiger charge is -2.64.